The topological polar surface area (TPSA) is 92.5 Å². The van der Waals surface area contributed by atoms with Crippen LogP contribution in [0.5, 0.6) is 0 Å². The number of benzene rings is 1. The van der Waals surface area contributed by atoms with Crippen LogP contribution in [0.1, 0.15) is 5.69 Å². The monoisotopic (exact) mass is 368 g/mol. The maximum atomic E-state index is 6.03. The zero-order valence-corrected chi connectivity index (χ0v) is 13.6. The molecule has 0 spiro atoms. The first kappa shape index (κ1) is 14.0. The van der Waals surface area contributed by atoms with Crippen molar-refractivity contribution in [2.75, 3.05) is 11.1 Å². The van der Waals surface area contributed by atoms with E-state index in [-0.39, 0.29) is 0 Å². The average Bonchev–Trinajstić information content (AvgIpc) is 2.96. The summed E-state index contributed by atoms with van der Waals surface area (Å²) in [5.41, 5.74) is 9.79. The normalized spacial score (nSPS) is 11.2. The third-order valence-electron chi connectivity index (χ3n) is 3.57. The lowest BCUT2D eigenvalue weighted by Gasteiger charge is -2.07. The summed E-state index contributed by atoms with van der Waals surface area (Å²) < 4.78 is 0.951. The summed E-state index contributed by atoms with van der Waals surface area (Å²) in [5, 5.41) is 4.03. The van der Waals surface area contributed by atoms with E-state index in [1.54, 1.807) is 6.20 Å². The number of nitrogens with one attached hydrogen (secondary N) is 2. The molecule has 23 heavy (non-hydrogen) atoms. The molecular weight excluding hydrogens is 356 g/mol. The van der Waals surface area contributed by atoms with Crippen LogP contribution >= 0.6 is 15.9 Å². The molecule has 0 unspecified atom stereocenters. The third kappa shape index (κ3) is 2.70. The second-order valence-corrected chi connectivity index (χ2v) is 6.09. The lowest BCUT2D eigenvalue weighted by molar-refractivity contribution is 1.04. The van der Waals surface area contributed by atoms with Gasteiger partial charge in [0.05, 0.1) is 23.1 Å². The van der Waals surface area contributed by atoms with Gasteiger partial charge in [0.15, 0.2) is 0 Å². The number of nitrogens with zero attached hydrogens (tertiary/aromatic N) is 3. The molecule has 3 aromatic heterocycles. The van der Waals surface area contributed by atoms with Crippen molar-refractivity contribution in [1.82, 2.24) is 19.9 Å². The van der Waals surface area contributed by atoms with Gasteiger partial charge in [-0.25, -0.2) is 4.98 Å². The molecule has 3 heterocycles. The van der Waals surface area contributed by atoms with Gasteiger partial charge in [-0.05, 0) is 36.4 Å². The van der Waals surface area contributed by atoms with E-state index in [4.69, 9.17) is 5.73 Å². The zero-order chi connectivity index (χ0) is 15.8. The number of hydrogen-bond donors (Lipinski definition) is 3. The number of fused-ring (bicyclic) bond motifs is 2. The van der Waals surface area contributed by atoms with Crippen LogP contribution in [0.15, 0.2) is 47.1 Å². The van der Waals surface area contributed by atoms with Crippen molar-refractivity contribution in [2.45, 2.75) is 6.54 Å². The van der Waals surface area contributed by atoms with Crippen LogP contribution in [0.2, 0.25) is 0 Å². The lowest BCUT2D eigenvalue weighted by Crippen LogP contribution is -2.06. The maximum absolute atomic E-state index is 6.03. The molecule has 1 aromatic carbocycles. The highest BCUT2D eigenvalue weighted by Crippen LogP contribution is 2.23. The number of aromatic amines is 1. The van der Waals surface area contributed by atoms with E-state index in [0.29, 0.717) is 18.3 Å². The molecular formula is C16H13BrN6. The molecule has 7 heteroatoms. The van der Waals surface area contributed by atoms with Gasteiger partial charge in [0, 0.05) is 21.7 Å². The Hall–Kier alpha value is -2.67. The number of rotatable bonds is 3. The summed E-state index contributed by atoms with van der Waals surface area (Å²) in [6, 6.07) is 11.7. The summed E-state index contributed by atoms with van der Waals surface area (Å²) in [6.07, 6.45) is 1.78. The number of H-pyrrole nitrogens is 1. The van der Waals surface area contributed by atoms with Gasteiger partial charge in [-0.15, -0.1) is 0 Å². The van der Waals surface area contributed by atoms with E-state index in [9.17, 15) is 0 Å². The minimum atomic E-state index is 0.456. The molecule has 0 bridgehead atoms. The lowest BCUT2D eigenvalue weighted by atomic mass is 10.2. The van der Waals surface area contributed by atoms with Crippen LogP contribution in [0.3, 0.4) is 0 Å². The van der Waals surface area contributed by atoms with Gasteiger partial charge in [-0.2, -0.15) is 4.98 Å². The first-order valence-corrected chi connectivity index (χ1v) is 7.87. The molecule has 0 aliphatic carbocycles. The number of aromatic nitrogens is 4. The second-order valence-electron chi connectivity index (χ2n) is 5.18. The predicted octanol–water partition coefficient (Wildman–Crippen LogP) is 3.46. The molecule has 4 aromatic rings. The molecule has 4 N–H and O–H groups in total. The highest BCUT2D eigenvalue weighted by Gasteiger charge is 2.07. The number of nitrogens with two attached hydrogens (primary N) is 1. The molecule has 0 amide bonds. The van der Waals surface area contributed by atoms with Crippen LogP contribution < -0.4 is 11.1 Å². The molecule has 4 rings (SSSR count). The summed E-state index contributed by atoms with van der Waals surface area (Å²) >= 11 is 3.43. The minimum absolute atomic E-state index is 0.456. The molecule has 0 radical (unpaired) electrons. The van der Waals surface area contributed by atoms with Crippen molar-refractivity contribution in [3.8, 4) is 0 Å². The Morgan fingerprint density at radius 1 is 1.13 bits per heavy atom. The number of anilines is 2. The van der Waals surface area contributed by atoms with Gasteiger partial charge in [0.2, 0.25) is 5.95 Å². The first-order chi connectivity index (χ1) is 11.2. The summed E-state index contributed by atoms with van der Waals surface area (Å²) in [7, 11) is 0. The SMILES string of the molecule is Nc1nc(NCc2cc3ncccc3[nH]2)nc2ccc(Br)cc12. The smallest absolute Gasteiger partial charge is 0.225 e. The van der Waals surface area contributed by atoms with Gasteiger partial charge < -0.3 is 16.0 Å². The Kier molecular flexibility index (Phi) is 3.34. The maximum Gasteiger partial charge on any atom is 0.225 e. The van der Waals surface area contributed by atoms with Crippen molar-refractivity contribution < 1.29 is 0 Å². The average molecular weight is 369 g/mol. The Morgan fingerprint density at radius 3 is 2.91 bits per heavy atom. The molecule has 0 fully saturated rings. The van der Waals surface area contributed by atoms with Crippen LogP contribution in [0.4, 0.5) is 11.8 Å². The van der Waals surface area contributed by atoms with Crippen molar-refractivity contribution in [3.63, 3.8) is 0 Å². The van der Waals surface area contributed by atoms with Crippen molar-refractivity contribution >= 4 is 49.6 Å². The van der Waals surface area contributed by atoms with Gasteiger partial charge in [0.25, 0.3) is 0 Å². The van der Waals surface area contributed by atoms with Gasteiger partial charge in [0.1, 0.15) is 5.82 Å². The zero-order valence-electron chi connectivity index (χ0n) is 12.0. The largest absolute Gasteiger partial charge is 0.383 e. The van der Waals surface area contributed by atoms with Gasteiger partial charge in [-0.1, -0.05) is 15.9 Å². The fraction of sp³-hybridized carbons (Fsp3) is 0.0625. The third-order valence-corrected chi connectivity index (χ3v) is 4.06. The van der Waals surface area contributed by atoms with Crippen LogP contribution in [-0.4, -0.2) is 19.9 Å². The number of nitrogen functional groups attached to an aromatic ring is 1. The van der Waals surface area contributed by atoms with Crippen molar-refractivity contribution in [3.05, 3.63) is 52.8 Å². The highest BCUT2D eigenvalue weighted by atomic mass is 79.9. The van der Waals surface area contributed by atoms with E-state index in [1.807, 2.05) is 36.4 Å². The molecule has 0 saturated heterocycles. The molecule has 0 aliphatic heterocycles. The fourth-order valence-corrected chi connectivity index (χ4v) is 2.85. The summed E-state index contributed by atoms with van der Waals surface area (Å²) in [5.74, 6) is 0.959. The van der Waals surface area contributed by atoms with Crippen LogP contribution in [-0.2, 0) is 6.54 Å². The van der Waals surface area contributed by atoms with Crippen molar-refractivity contribution in [2.24, 2.45) is 0 Å². The predicted molar refractivity (Wildman–Crippen MR) is 95.1 cm³/mol. The van der Waals surface area contributed by atoms with Gasteiger partial charge in [-0.3, -0.25) is 4.98 Å². The van der Waals surface area contributed by atoms with E-state index in [0.717, 1.165) is 32.1 Å². The fourth-order valence-electron chi connectivity index (χ4n) is 2.49. The Balaban J connectivity index is 1.61. The molecule has 6 nitrogen and oxygen atoms in total. The Morgan fingerprint density at radius 2 is 2.04 bits per heavy atom. The van der Waals surface area contributed by atoms with Crippen LogP contribution in [0, 0.1) is 0 Å². The molecule has 0 saturated carbocycles. The number of pyridine rings is 1. The highest BCUT2D eigenvalue weighted by molar-refractivity contribution is 9.10. The number of halogens is 1. The van der Waals surface area contributed by atoms with Gasteiger partial charge >= 0.3 is 0 Å². The van der Waals surface area contributed by atoms with E-state index in [1.165, 1.54) is 0 Å². The summed E-state index contributed by atoms with van der Waals surface area (Å²) in [4.78, 5) is 16.4. The van der Waals surface area contributed by atoms with Crippen LogP contribution in [0.25, 0.3) is 21.9 Å². The van der Waals surface area contributed by atoms with E-state index < -0.39 is 0 Å². The van der Waals surface area contributed by atoms with Crippen molar-refractivity contribution in [1.29, 1.82) is 0 Å². The Labute approximate surface area is 140 Å². The second kappa shape index (κ2) is 5.51. The Bertz CT molecular complexity index is 977. The summed E-state index contributed by atoms with van der Waals surface area (Å²) in [6.45, 7) is 0.567. The molecule has 0 atom stereocenters. The van der Waals surface area contributed by atoms with E-state index in [2.05, 4.69) is 41.2 Å². The molecule has 0 aliphatic rings. The quantitative estimate of drug-likeness (QED) is 0.514. The first-order valence-electron chi connectivity index (χ1n) is 7.08. The number of hydrogen-bond acceptors (Lipinski definition) is 5. The standard InChI is InChI=1S/C16H13BrN6/c17-9-3-4-12-11(6-9)15(18)23-16(22-12)20-8-10-7-14-13(21-10)2-1-5-19-14/h1-7,21H,8H2,(H3,18,20,22,23). The minimum Gasteiger partial charge on any atom is -0.383 e. The van der Waals surface area contributed by atoms with E-state index >= 15 is 0 Å². The molecule has 114 valence electrons.